The molecule has 1 amide bonds. The van der Waals surface area contributed by atoms with Gasteiger partial charge in [0.2, 0.25) is 0 Å². The van der Waals surface area contributed by atoms with Crippen LogP contribution < -0.4 is 10.1 Å². The van der Waals surface area contributed by atoms with Crippen molar-refractivity contribution in [2.45, 2.75) is 52.9 Å². The highest BCUT2D eigenvalue weighted by molar-refractivity contribution is 9.10. The average molecular weight is 497 g/mol. The molecule has 0 spiro atoms. The smallest absolute Gasteiger partial charge is 0.262 e. The van der Waals surface area contributed by atoms with Gasteiger partial charge in [0.05, 0.1) is 5.69 Å². The molecule has 0 fully saturated rings. The van der Waals surface area contributed by atoms with Crippen LogP contribution in [0.3, 0.4) is 0 Å². The number of amides is 1. The molecule has 0 aromatic heterocycles. The van der Waals surface area contributed by atoms with Crippen LogP contribution in [0.15, 0.2) is 39.3 Å². The Morgan fingerprint density at radius 1 is 1.11 bits per heavy atom. The highest BCUT2D eigenvalue weighted by atomic mass is 79.9. The maximum absolute atomic E-state index is 12.4. The molecular formula is C22H27Br2NO2. The fraction of sp³-hybridized carbons (Fsp3) is 0.409. The number of hydrogen-bond acceptors (Lipinski definition) is 2. The molecule has 0 radical (unpaired) electrons. The fourth-order valence-corrected chi connectivity index (χ4v) is 3.50. The largest absolute Gasteiger partial charge is 0.483 e. The highest BCUT2D eigenvalue weighted by Crippen LogP contribution is 2.33. The van der Waals surface area contributed by atoms with Gasteiger partial charge in [-0.1, -0.05) is 56.6 Å². The van der Waals surface area contributed by atoms with E-state index in [9.17, 15) is 4.79 Å². The lowest BCUT2D eigenvalue weighted by atomic mass is 9.87. The first kappa shape index (κ1) is 22.0. The molecule has 1 N–H and O–H groups in total. The summed E-state index contributed by atoms with van der Waals surface area (Å²) in [6, 6.07) is 10.0. The van der Waals surface area contributed by atoms with Gasteiger partial charge < -0.3 is 10.1 Å². The number of halogens is 2. The van der Waals surface area contributed by atoms with Crippen molar-refractivity contribution in [1.29, 1.82) is 0 Å². The standard InChI is InChI=1S/C22H27Br2NO2/c1-13(2)16-11-17(23)14(3)9-20(16)27-12-21(26)25-19-8-7-15(10-18(19)24)22(4,5)6/h7-11,13H,12H2,1-6H3,(H,25,26). The van der Waals surface area contributed by atoms with Crippen LogP contribution in [0.4, 0.5) is 5.69 Å². The molecule has 0 aliphatic heterocycles. The SMILES string of the molecule is Cc1cc(OCC(=O)Nc2ccc(C(C)(C)C)cc2Br)c(C(C)C)cc1Br. The number of carbonyl (C=O) groups excluding carboxylic acids is 1. The predicted octanol–water partition coefficient (Wildman–Crippen LogP) is 6.96. The lowest BCUT2D eigenvalue weighted by molar-refractivity contribution is -0.118. The maximum Gasteiger partial charge on any atom is 0.262 e. The molecule has 0 atom stereocenters. The van der Waals surface area contributed by atoms with Crippen molar-refractivity contribution in [3.05, 3.63) is 56.0 Å². The lowest BCUT2D eigenvalue weighted by Gasteiger charge is -2.20. The molecular weight excluding hydrogens is 470 g/mol. The van der Waals surface area contributed by atoms with Gasteiger partial charge >= 0.3 is 0 Å². The van der Waals surface area contributed by atoms with E-state index in [-0.39, 0.29) is 17.9 Å². The number of ether oxygens (including phenoxy) is 1. The monoisotopic (exact) mass is 495 g/mol. The van der Waals surface area contributed by atoms with E-state index >= 15 is 0 Å². The van der Waals surface area contributed by atoms with Crippen LogP contribution in [0, 0.1) is 6.92 Å². The van der Waals surface area contributed by atoms with Crippen molar-refractivity contribution >= 4 is 43.5 Å². The van der Waals surface area contributed by atoms with Crippen LogP contribution in [0.25, 0.3) is 0 Å². The third-order valence-electron chi connectivity index (χ3n) is 4.38. The van der Waals surface area contributed by atoms with E-state index in [1.165, 1.54) is 5.56 Å². The van der Waals surface area contributed by atoms with Gasteiger partial charge in [-0.25, -0.2) is 0 Å². The van der Waals surface area contributed by atoms with Crippen LogP contribution in [-0.2, 0) is 10.2 Å². The van der Waals surface area contributed by atoms with E-state index in [1.807, 2.05) is 31.2 Å². The quantitative estimate of drug-likeness (QED) is 0.485. The average Bonchev–Trinajstić information content (AvgIpc) is 2.56. The van der Waals surface area contributed by atoms with Crippen LogP contribution in [0.2, 0.25) is 0 Å². The van der Waals surface area contributed by atoms with Crippen molar-refractivity contribution in [2.75, 3.05) is 11.9 Å². The second-order valence-electron chi connectivity index (χ2n) is 8.08. The molecule has 0 bridgehead atoms. The zero-order valence-corrected chi connectivity index (χ0v) is 19.9. The van der Waals surface area contributed by atoms with Gasteiger partial charge in [-0.3, -0.25) is 4.79 Å². The summed E-state index contributed by atoms with van der Waals surface area (Å²) in [5, 5.41) is 2.91. The number of aryl methyl sites for hydroxylation is 1. The topological polar surface area (TPSA) is 38.3 Å². The number of benzene rings is 2. The minimum Gasteiger partial charge on any atom is -0.483 e. The first-order chi connectivity index (χ1) is 12.5. The van der Waals surface area contributed by atoms with E-state index in [2.05, 4.69) is 77.9 Å². The molecule has 0 aliphatic carbocycles. The van der Waals surface area contributed by atoms with Gasteiger partial charge in [0, 0.05) is 8.95 Å². The summed E-state index contributed by atoms with van der Waals surface area (Å²) in [5.74, 6) is 0.872. The summed E-state index contributed by atoms with van der Waals surface area (Å²) in [6.07, 6.45) is 0. The van der Waals surface area contributed by atoms with Crippen LogP contribution in [-0.4, -0.2) is 12.5 Å². The maximum atomic E-state index is 12.4. The summed E-state index contributed by atoms with van der Waals surface area (Å²) in [5.41, 5.74) is 4.16. The molecule has 0 saturated heterocycles. The number of anilines is 1. The minimum absolute atomic E-state index is 0.0335. The van der Waals surface area contributed by atoms with E-state index in [4.69, 9.17) is 4.74 Å². The number of nitrogens with one attached hydrogen (secondary N) is 1. The molecule has 0 aliphatic rings. The van der Waals surface area contributed by atoms with Crippen LogP contribution >= 0.6 is 31.9 Å². The normalized spacial score (nSPS) is 11.6. The van der Waals surface area contributed by atoms with Crippen molar-refractivity contribution in [1.82, 2.24) is 0 Å². The summed E-state index contributed by atoms with van der Waals surface area (Å²) >= 11 is 7.11. The van der Waals surface area contributed by atoms with Crippen LogP contribution in [0.5, 0.6) is 5.75 Å². The minimum atomic E-state index is -0.186. The Kier molecular flexibility index (Phi) is 7.14. The summed E-state index contributed by atoms with van der Waals surface area (Å²) in [4.78, 5) is 12.4. The van der Waals surface area contributed by atoms with E-state index < -0.39 is 0 Å². The van der Waals surface area contributed by atoms with E-state index in [0.29, 0.717) is 5.92 Å². The molecule has 2 aromatic carbocycles. The zero-order valence-electron chi connectivity index (χ0n) is 16.7. The summed E-state index contributed by atoms with van der Waals surface area (Å²) < 4.78 is 7.75. The third kappa shape index (κ3) is 5.82. The first-order valence-corrected chi connectivity index (χ1v) is 10.6. The van der Waals surface area contributed by atoms with Gasteiger partial charge in [-0.05, 0) is 75.1 Å². The molecule has 146 valence electrons. The van der Waals surface area contributed by atoms with Crippen molar-refractivity contribution < 1.29 is 9.53 Å². The predicted molar refractivity (Wildman–Crippen MR) is 120 cm³/mol. The van der Waals surface area contributed by atoms with Gasteiger partial charge in [0.25, 0.3) is 5.91 Å². The molecule has 0 unspecified atom stereocenters. The van der Waals surface area contributed by atoms with Gasteiger partial charge in [0.1, 0.15) is 5.75 Å². The second-order valence-corrected chi connectivity index (χ2v) is 9.78. The van der Waals surface area contributed by atoms with Crippen molar-refractivity contribution in [3.8, 4) is 5.75 Å². The van der Waals surface area contributed by atoms with Gasteiger partial charge in [-0.2, -0.15) is 0 Å². The molecule has 5 heteroatoms. The highest BCUT2D eigenvalue weighted by Gasteiger charge is 2.16. The molecule has 0 heterocycles. The van der Waals surface area contributed by atoms with Gasteiger partial charge in [-0.15, -0.1) is 0 Å². The van der Waals surface area contributed by atoms with E-state index in [1.54, 1.807) is 0 Å². The number of hydrogen-bond donors (Lipinski definition) is 1. The van der Waals surface area contributed by atoms with Crippen LogP contribution in [0.1, 0.15) is 57.2 Å². The Labute approximate surface area is 179 Å². The lowest BCUT2D eigenvalue weighted by Crippen LogP contribution is -2.21. The number of rotatable bonds is 5. The Morgan fingerprint density at radius 3 is 2.33 bits per heavy atom. The van der Waals surface area contributed by atoms with Crippen molar-refractivity contribution in [2.24, 2.45) is 0 Å². The molecule has 2 aromatic rings. The molecule has 27 heavy (non-hydrogen) atoms. The molecule has 0 saturated carbocycles. The molecule has 3 nitrogen and oxygen atoms in total. The Morgan fingerprint density at radius 2 is 1.78 bits per heavy atom. The summed E-state index contributed by atoms with van der Waals surface area (Å²) in [7, 11) is 0. The Bertz CT molecular complexity index is 839. The Balaban J connectivity index is 2.08. The molecule has 2 rings (SSSR count). The Hall–Kier alpha value is -1.33. The first-order valence-electron chi connectivity index (χ1n) is 9.01. The second kappa shape index (κ2) is 8.78. The third-order valence-corrected chi connectivity index (χ3v) is 5.89. The fourth-order valence-electron chi connectivity index (χ4n) is 2.66. The zero-order chi connectivity index (χ0) is 20.4. The van der Waals surface area contributed by atoms with Crippen molar-refractivity contribution in [3.63, 3.8) is 0 Å². The van der Waals surface area contributed by atoms with E-state index in [0.717, 1.165) is 31.5 Å². The summed E-state index contributed by atoms with van der Waals surface area (Å²) in [6.45, 7) is 12.7. The van der Waals surface area contributed by atoms with Gasteiger partial charge in [0.15, 0.2) is 6.61 Å². The number of carbonyl (C=O) groups is 1.